The zero-order valence-electron chi connectivity index (χ0n) is 11.9. The molecular weight excluding hydrogens is 352 g/mol. The zero-order chi connectivity index (χ0) is 15.1. The van der Waals surface area contributed by atoms with E-state index in [1.165, 1.54) is 5.56 Å². The second-order valence-corrected chi connectivity index (χ2v) is 5.92. The molecule has 0 fully saturated rings. The normalized spacial score (nSPS) is 10.6. The quantitative estimate of drug-likeness (QED) is 0.631. The van der Waals surface area contributed by atoms with Gasteiger partial charge < -0.3 is 9.47 Å². The van der Waals surface area contributed by atoms with Crippen molar-refractivity contribution in [1.29, 1.82) is 0 Å². The molecule has 0 saturated heterocycles. The van der Waals surface area contributed by atoms with Gasteiger partial charge in [0.25, 0.3) is 0 Å². The van der Waals surface area contributed by atoms with Crippen molar-refractivity contribution in [2.75, 3.05) is 19.8 Å². The summed E-state index contributed by atoms with van der Waals surface area (Å²) in [6.45, 7) is 3.88. The molecular formula is C17H18BrClO2. The summed E-state index contributed by atoms with van der Waals surface area (Å²) in [7, 11) is 0. The predicted octanol–water partition coefficient (Wildman–Crippen LogP) is 5.11. The fraction of sp³-hybridized carbons (Fsp3) is 0.294. The van der Waals surface area contributed by atoms with E-state index in [0.29, 0.717) is 13.2 Å². The van der Waals surface area contributed by atoms with E-state index in [1.807, 2.05) is 31.2 Å². The lowest BCUT2D eigenvalue weighted by atomic mass is 10.1. The number of hydrogen-bond acceptors (Lipinski definition) is 2. The first-order valence-electron chi connectivity index (χ1n) is 6.92. The lowest BCUT2D eigenvalue weighted by molar-refractivity contribution is 0.110. The number of halogens is 2. The van der Waals surface area contributed by atoms with E-state index in [2.05, 4.69) is 34.1 Å². The van der Waals surface area contributed by atoms with Crippen LogP contribution in [0.5, 0.6) is 5.75 Å². The van der Waals surface area contributed by atoms with Crippen molar-refractivity contribution >= 4 is 27.5 Å². The molecule has 0 atom stereocenters. The molecule has 0 aliphatic rings. The molecule has 2 aromatic carbocycles. The highest BCUT2D eigenvalue weighted by Crippen LogP contribution is 2.24. The minimum absolute atomic E-state index is 0.574. The lowest BCUT2D eigenvalue weighted by Gasteiger charge is -2.08. The second kappa shape index (κ2) is 8.42. The van der Waals surface area contributed by atoms with Gasteiger partial charge in [0.15, 0.2) is 0 Å². The van der Waals surface area contributed by atoms with Crippen LogP contribution in [0.1, 0.15) is 18.1 Å². The average Bonchev–Trinajstić information content (AvgIpc) is 2.49. The zero-order valence-corrected chi connectivity index (χ0v) is 14.3. The SMILES string of the molecule is CCOCCOc1ccc(Cc2cc(Br)ccc2Cl)cc1. The van der Waals surface area contributed by atoms with Crippen LogP contribution in [0.2, 0.25) is 5.02 Å². The van der Waals surface area contributed by atoms with Gasteiger partial charge in [-0.15, -0.1) is 0 Å². The number of hydrogen-bond donors (Lipinski definition) is 0. The molecule has 0 N–H and O–H groups in total. The van der Waals surface area contributed by atoms with E-state index in [0.717, 1.165) is 33.8 Å². The molecule has 0 aliphatic carbocycles. The molecule has 21 heavy (non-hydrogen) atoms. The van der Waals surface area contributed by atoms with Gasteiger partial charge in [-0.25, -0.2) is 0 Å². The molecule has 0 unspecified atom stereocenters. The summed E-state index contributed by atoms with van der Waals surface area (Å²) in [6, 6.07) is 14.0. The first-order valence-corrected chi connectivity index (χ1v) is 8.09. The summed E-state index contributed by atoms with van der Waals surface area (Å²) in [5, 5.41) is 0.787. The maximum atomic E-state index is 6.22. The molecule has 0 bridgehead atoms. The maximum absolute atomic E-state index is 6.22. The Morgan fingerprint density at radius 1 is 1.05 bits per heavy atom. The van der Waals surface area contributed by atoms with Crippen molar-refractivity contribution in [3.8, 4) is 5.75 Å². The Morgan fingerprint density at radius 3 is 2.52 bits per heavy atom. The van der Waals surface area contributed by atoms with Gasteiger partial charge in [-0.05, 0) is 54.8 Å². The Bertz CT molecular complexity index is 570. The van der Waals surface area contributed by atoms with E-state index < -0.39 is 0 Å². The van der Waals surface area contributed by atoms with Gasteiger partial charge in [0, 0.05) is 16.1 Å². The van der Waals surface area contributed by atoms with Crippen molar-refractivity contribution in [3.63, 3.8) is 0 Å². The van der Waals surface area contributed by atoms with E-state index in [4.69, 9.17) is 21.1 Å². The Balaban J connectivity index is 1.94. The highest BCUT2D eigenvalue weighted by atomic mass is 79.9. The van der Waals surface area contributed by atoms with Crippen molar-refractivity contribution < 1.29 is 9.47 Å². The fourth-order valence-corrected chi connectivity index (χ4v) is 2.56. The third-order valence-electron chi connectivity index (χ3n) is 3.03. The predicted molar refractivity (Wildman–Crippen MR) is 90.4 cm³/mol. The standard InChI is InChI=1S/C17H18BrClO2/c1-2-20-9-10-21-16-6-3-13(4-7-16)11-14-12-15(18)5-8-17(14)19/h3-8,12H,2,9-11H2,1H3. The summed E-state index contributed by atoms with van der Waals surface area (Å²) in [5.74, 6) is 0.860. The average molecular weight is 370 g/mol. The highest BCUT2D eigenvalue weighted by Gasteiger charge is 2.03. The molecule has 0 aromatic heterocycles. The van der Waals surface area contributed by atoms with Crippen LogP contribution in [-0.2, 0) is 11.2 Å². The van der Waals surface area contributed by atoms with E-state index in [1.54, 1.807) is 0 Å². The molecule has 0 aliphatic heterocycles. The smallest absolute Gasteiger partial charge is 0.119 e. The Kier molecular flexibility index (Phi) is 6.55. The molecule has 2 nitrogen and oxygen atoms in total. The first-order chi connectivity index (χ1) is 10.2. The molecule has 4 heteroatoms. The molecule has 2 aromatic rings. The second-order valence-electron chi connectivity index (χ2n) is 4.60. The van der Waals surface area contributed by atoms with Crippen molar-refractivity contribution in [3.05, 3.63) is 63.1 Å². The first kappa shape index (κ1) is 16.3. The molecule has 0 radical (unpaired) electrons. The Labute approximate surface area is 139 Å². The molecule has 0 spiro atoms. The summed E-state index contributed by atoms with van der Waals surface area (Å²) in [5.41, 5.74) is 2.31. The largest absolute Gasteiger partial charge is 0.491 e. The number of rotatable bonds is 7. The van der Waals surface area contributed by atoms with E-state index in [-0.39, 0.29) is 0 Å². The van der Waals surface area contributed by atoms with Gasteiger partial charge in [0.1, 0.15) is 12.4 Å². The van der Waals surface area contributed by atoms with Crippen LogP contribution in [0.15, 0.2) is 46.9 Å². The molecule has 0 heterocycles. The number of benzene rings is 2. The van der Waals surface area contributed by atoms with Gasteiger partial charge in [-0.1, -0.05) is 39.7 Å². The minimum atomic E-state index is 0.574. The molecule has 0 amide bonds. The van der Waals surface area contributed by atoms with Gasteiger partial charge in [-0.3, -0.25) is 0 Å². The van der Waals surface area contributed by atoms with Crippen molar-refractivity contribution in [2.45, 2.75) is 13.3 Å². The topological polar surface area (TPSA) is 18.5 Å². The Morgan fingerprint density at radius 2 is 1.81 bits per heavy atom. The van der Waals surface area contributed by atoms with Crippen molar-refractivity contribution in [1.82, 2.24) is 0 Å². The van der Waals surface area contributed by atoms with Gasteiger partial charge >= 0.3 is 0 Å². The lowest BCUT2D eigenvalue weighted by Crippen LogP contribution is -2.06. The van der Waals surface area contributed by atoms with Crippen LogP contribution in [0.25, 0.3) is 0 Å². The van der Waals surface area contributed by atoms with E-state index >= 15 is 0 Å². The van der Waals surface area contributed by atoms with Gasteiger partial charge in [-0.2, -0.15) is 0 Å². The number of ether oxygens (including phenoxy) is 2. The van der Waals surface area contributed by atoms with Crippen LogP contribution in [-0.4, -0.2) is 19.8 Å². The molecule has 112 valence electrons. The fourth-order valence-electron chi connectivity index (χ4n) is 1.97. The van der Waals surface area contributed by atoms with Crippen LogP contribution in [0.4, 0.5) is 0 Å². The summed E-state index contributed by atoms with van der Waals surface area (Å²) < 4.78 is 11.9. The third-order valence-corrected chi connectivity index (χ3v) is 3.89. The van der Waals surface area contributed by atoms with E-state index in [9.17, 15) is 0 Å². The monoisotopic (exact) mass is 368 g/mol. The van der Waals surface area contributed by atoms with Gasteiger partial charge in [0.05, 0.1) is 6.61 Å². The third kappa shape index (κ3) is 5.34. The van der Waals surface area contributed by atoms with Crippen LogP contribution in [0.3, 0.4) is 0 Å². The molecule has 0 saturated carbocycles. The van der Waals surface area contributed by atoms with Gasteiger partial charge in [0.2, 0.25) is 0 Å². The van der Waals surface area contributed by atoms with Crippen LogP contribution >= 0.6 is 27.5 Å². The van der Waals surface area contributed by atoms with Crippen LogP contribution < -0.4 is 4.74 Å². The summed E-state index contributed by atoms with van der Waals surface area (Å²) in [4.78, 5) is 0. The van der Waals surface area contributed by atoms with Crippen LogP contribution in [0, 0.1) is 0 Å². The maximum Gasteiger partial charge on any atom is 0.119 e. The summed E-state index contributed by atoms with van der Waals surface area (Å²) in [6.07, 6.45) is 0.803. The van der Waals surface area contributed by atoms with Crippen molar-refractivity contribution in [2.24, 2.45) is 0 Å². The Hall–Kier alpha value is -1.03. The summed E-state index contributed by atoms with van der Waals surface area (Å²) >= 11 is 9.69. The molecule has 2 rings (SSSR count). The highest BCUT2D eigenvalue weighted by molar-refractivity contribution is 9.10. The minimum Gasteiger partial charge on any atom is -0.491 e.